The molecule has 1 unspecified atom stereocenters. The van der Waals surface area contributed by atoms with Crippen molar-refractivity contribution in [3.63, 3.8) is 0 Å². The number of likely N-dealkylation sites (tertiary alicyclic amines) is 1. The van der Waals surface area contributed by atoms with Crippen molar-refractivity contribution >= 4 is 23.4 Å². The third-order valence-electron chi connectivity index (χ3n) is 4.50. The summed E-state index contributed by atoms with van der Waals surface area (Å²) in [5, 5.41) is 13.3. The van der Waals surface area contributed by atoms with Crippen LogP contribution in [0.3, 0.4) is 0 Å². The smallest absolute Gasteiger partial charge is 0.295 e. The largest absolute Gasteiger partial charge is 0.507 e. The van der Waals surface area contributed by atoms with Crippen LogP contribution in [0.15, 0.2) is 60.2 Å². The molecule has 1 heterocycles. The summed E-state index contributed by atoms with van der Waals surface area (Å²) in [7, 11) is 0. The number of hydrogen-bond donors (Lipinski definition) is 2. The number of nitrogens with one attached hydrogen (secondary N) is 1. The third-order valence-corrected chi connectivity index (χ3v) is 4.50. The Hall–Kier alpha value is -3.48. The third kappa shape index (κ3) is 3.78. The summed E-state index contributed by atoms with van der Waals surface area (Å²) in [6.07, 6.45) is 0. The first-order valence-electron chi connectivity index (χ1n) is 8.74. The van der Waals surface area contributed by atoms with E-state index in [4.69, 9.17) is 0 Å². The van der Waals surface area contributed by atoms with E-state index in [0.717, 1.165) is 0 Å². The van der Waals surface area contributed by atoms with E-state index in [0.29, 0.717) is 11.1 Å². The minimum atomic E-state index is -0.880. The number of benzene rings is 2. The standard InChI is InChI=1S/C21H19FN2O4/c1-13(25)23-11-12-24-18(14-7-9-16(22)10-8-14)17(20(27)21(24)28)19(26)15-5-3-2-4-6-15/h2-10,18,26H,11-12H2,1H3,(H,23,25)/b19-17+. The maximum atomic E-state index is 13.4. The average Bonchev–Trinajstić information content (AvgIpc) is 2.93. The molecule has 0 bridgehead atoms. The van der Waals surface area contributed by atoms with E-state index in [2.05, 4.69) is 5.32 Å². The van der Waals surface area contributed by atoms with Crippen molar-refractivity contribution < 1.29 is 23.9 Å². The van der Waals surface area contributed by atoms with E-state index in [1.165, 1.54) is 36.1 Å². The Morgan fingerprint density at radius 1 is 1.11 bits per heavy atom. The van der Waals surface area contributed by atoms with Gasteiger partial charge in [0.2, 0.25) is 5.91 Å². The van der Waals surface area contributed by atoms with E-state index in [1.54, 1.807) is 30.3 Å². The molecule has 2 aromatic carbocycles. The van der Waals surface area contributed by atoms with Gasteiger partial charge in [-0.1, -0.05) is 42.5 Å². The van der Waals surface area contributed by atoms with Crippen molar-refractivity contribution in [3.05, 3.63) is 77.1 Å². The number of Topliss-reactive ketones (excluding diaryl/α,β-unsaturated/α-hetero) is 1. The molecule has 3 rings (SSSR count). The lowest BCUT2D eigenvalue weighted by molar-refractivity contribution is -0.139. The Morgan fingerprint density at radius 2 is 1.75 bits per heavy atom. The molecule has 144 valence electrons. The van der Waals surface area contributed by atoms with E-state index >= 15 is 0 Å². The molecule has 6 nitrogen and oxygen atoms in total. The highest BCUT2D eigenvalue weighted by molar-refractivity contribution is 6.46. The normalized spacial score (nSPS) is 18.4. The molecule has 2 aromatic rings. The number of rotatable bonds is 5. The molecule has 7 heteroatoms. The number of aliphatic hydroxyl groups is 1. The molecule has 1 atom stereocenters. The Labute approximate surface area is 161 Å². The quantitative estimate of drug-likeness (QED) is 0.472. The Morgan fingerprint density at radius 3 is 2.36 bits per heavy atom. The summed E-state index contributed by atoms with van der Waals surface area (Å²) in [6.45, 7) is 1.56. The number of hydrogen-bond acceptors (Lipinski definition) is 4. The van der Waals surface area contributed by atoms with Gasteiger partial charge >= 0.3 is 0 Å². The average molecular weight is 382 g/mol. The molecular formula is C21H19FN2O4. The summed E-state index contributed by atoms with van der Waals surface area (Å²) in [4.78, 5) is 37.7. The SMILES string of the molecule is CC(=O)NCCN1C(=O)C(=O)/C(=C(/O)c2ccccc2)C1c1ccc(F)cc1. The van der Waals surface area contributed by atoms with Crippen molar-refractivity contribution in [1.82, 2.24) is 10.2 Å². The van der Waals surface area contributed by atoms with E-state index in [-0.39, 0.29) is 30.3 Å². The van der Waals surface area contributed by atoms with Gasteiger partial charge in [-0.25, -0.2) is 4.39 Å². The first kappa shape index (κ1) is 19.3. The van der Waals surface area contributed by atoms with Gasteiger partial charge in [0, 0.05) is 25.6 Å². The fourth-order valence-corrected chi connectivity index (χ4v) is 3.21. The van der Waals surface area contributed by atoms with Gasteiger partial charge in [0.25, 0.3) is 11.7 Å². The minimum Gasteiger partial charge on any atom is -0.507 e. The van der Waals surface area contributed by atoms with Gasteiger partial charge in [-0.2, -0.15) is 0 Å². The Bertz CT molecular complexity index is 939. The molecule has 0 spiro atoms. The van der Waals surface area contributed by atoms with Gasteiger partial charge in [0.1, 0.15) is 11.6 Å². The van der Waals surface area contributed by atoms with Crippen LogP contribution in [0.4, 0.5) is 4.39 Å². The van der Waals surface area contributed by atoms with Gasteiger partial charge < -0.3 is 15.3 Å². The molecule has 2 amide bonds. The van der Waals surface area contributed by atoms with E-state index < -0.39 is 23.5 Å². The highest BCUT2D eigenvalue weighted by Crippen LogP contribution is 2.39. The van der Waals surface area contributed by atoms with Gasteiger partial charge in [-0.05, 0) is 17.7 Å². The van der Waals surface area contributed by atoms with Gasteiger partial charge in [0.05, 0.1) is 11.6 Å². The topological polar surface area (TPSA) is 86.7 Å². The van der Waals surface area contributed by atoms with Crippen LogP contribution >= 0.6 is 0 Å². The lowest BCUT2D eigenvalue weighted by Crippen LogP contribution is -2.37. The van der Waals surface area contributed by atoms with Crippen LogP contribution in [-0.2, 0) is 14.4 Å². The van der Waals surface area contributed by atoms with Crippen LogP contribution in [0.2, 0.25) is 0 Å². The molecule has 0 radical (unpaired) electrons. The molecular weight excluding hydrogens is 363 g/mol. The molecule has 1 aliphatic rings. The molecule has 1 fully saturated rings. The van der Waals surface area contributed by atoms with Gasteiger partial charge in [-0.3, -0.25) is 14.4 Å². The van der Waals surface area contributed by atoms with Crippen molar-refractivity contribution in [2.75, 3.05) is 13.1 Å². The van der Waals surface area contributed by atoms with Crippen LogP contribution in [0, 0.1) is 5.82 Å². The van der Waals surface area contributed by atoms with Crippen LogP contribution < -0.4 is 5.32 Å². The van der Waals surface area contributed by atoms with E-state index in [9.17, 15) is 23.9 Å². The summed E-state index contributed by atoms with van der Waals surface area (Å²) in [6, 6.07) is 12.9. The zero-order valence-electron chi connectivity index (χ0n) is 15.2. The monoisotopic (exact) mass is 382 g/mol. The number of ketones is 1. The van der Waals surface area contributed by atoms with Gasteiger partial charge in [-0.15, -0.1) is 0 Å². The first-order chi connectivity index (χ1) is 13.4. The number of carbonyl (C=O) groups excluding carboxylic acids is 3. The second-order valence-corrected chi connectivity index (χ2v) is 6.39. The highest BCUT2D eigenvalue weighted by atomic mass is 19.1. The molecule has 0 aromatic heterocycles. The summed E-state index contributed by atoms with van der Waals surface area (Å²) < 4.78 is 13.4. The fraction of sp³-hybridized carbons (Fsp3) is 0.190. The number of amides is 2. The molecule has 0 aliphatic carbocycles. The lowest BCUT2D eigenvalue weighted by atomic mass is 9.95. The minimum absolute atomic E-state index is 0.0642. The fourth-order valence-electron chi connectivity index (χ4n) is 3.21. The Balaban J connectivity index is 2.08. The van der Waals surface area contributed by atoms with E-state index in [1.807, 2.05) is 0 Å². The van der Waals surface area contributed by atoms with Gasteiger partial charge in [0.15, 0.2) is 0 Å². The van der Waals surface area contributed by atoms with Crippen LogP contribution in [0.5, 0.6) is 0 Å². The second-order valence-electron chi connectivity index (χ2n) is 6.39. The molecule has 2 N–H and O–H groups in total. The number of aliphatic hydroxyl groups excluding tert-OH is 1. The first-order valence-corrected chi connectivity index (χ1v) is 8.74. The second kappa shape index (κ2) is 8.04. The van der Waals surface area contributed by atoms with Crippen LogP contribution in [0.1, 0.15) is 24.1 Å². The Kier molecular flexibility index (Phi) is 5.54. The summed E-state index contributed by atoms with van der Waals surface area (Å²) >= 11 is 0. The van der Waals surface area contributed by atoms with Crippen molar-refractivity contribution in [1.29, 1.82) is 0 Å². The highest BCUT2D eigenvalue weighted by Gasteiger charge is 2.45. The molecule has 28 heavy (non-hydrogen) atoms. The van der Waals surface area contributed by atoms with Crippen molar-refractivity contribution in [3.8, 4) is 0 Å². The number of carbonyl (C=O) groups is 3. The summed E-state index contributed by atoms with van der Waals surface area (Å²) in [5.74, 6) is -2.62. The zero-order chi connectivity index (χ0) is 20.3. The zero-order valence-corrected chi connectivity index (χ0v) is 15.2. The van der Waals surface area contributed by atoms with Crippen molar-refractivity contribution in [2.45, 2.75) is 13.0 Å². The predicted molar refractivity (Wildman–Crippen MR) is 101 cm³/mol. The number of halogens is 1. The molecule has 1 saturated heterocycles. The maximum Gasteiger partial charge on any atom is 0.295 e. The van der Waals surface area contributed by atoms with Crippen LogP contribution in [-0.4, -0.2) is 40.7 Å². The van der Waals surface area contributed by atoms with Crippen molar-refractivity contribution in [2.24, 2.45) is 0 Å². The van der Waals surface area contributed by atoms with Crippen LogP contribution in [0.25, 0.3) is 5.76 Å². The number of nitrogens with zero attached hydrogens (tertiary/aromatic N) is 1. The molecule has 1 aliphatic heterocycles. The lowest BCUT2D eigenvalue weighted by Gasteiger charge is -2.25. The predicted octanol–water partition coefficient (Wildman–Crippen LogP) is 2.38. The summed E-state index contributed by atoms with van der Waals surface area (Å²) in [5.41, 5.74) is 0.820. The molecule has 0 saturated carbocycles. The maximum absolute atomic E-state index is 13.4.